The fourth-order valence-electron chi connectivity index (χ4n) is 3.48. The number of pyridine rings is 2. The first-order chi connectivity index (χ1) is 15.7. The summed E-state index contributed by atoms with van der Waals surface area (Å²) >= 11 is 0. The summed E-state index contributed by atoms with van der Waals surface area (Å²) in [5.74, 6) is 1.18. The Morgan fingerprint density at radius 3 is 2.72 bits per heavy atom. The van der Waals surface area contributed by atoms with E-state index in [1.165, 1.54) is 0 Å². The van der Waals surface area contributed by atoms with E-state index in [1.54, 1.807) is 64.6 Å². The number of benzene rings is 1. The fraction of sp³-hybridized carbons (Fsp3) is 0.125. The molecule has 4 heterocycles. The fourth-order valence-corrected chi connectivity index (χ4v) is 3.48. The maximum absolute atomic E-state index is 13.0. The van der Waals surface area contributed by atoms with Gasteiger partial charge >= 0.3 is 0 Å². The van der Waals surface area contributed by atoms with Crippen LogP contribution in [0.15, 0.2) is 84.6 Å². The molecule has 0 spiro atoms. The molecular weight excluding hydrogens is 404 g/mol. The van der Waals surface area contributed by atoms with E-state index in [9.17, 15) is 4.79 Å². The number of aromatic nitrogens is 6. The minimum Gasteiger partial charge on any atom is -0.457 e. The minimum atomic E-state index is -0.102. The van der Waals surface area contributed by atoms with Gasteiger partial charge in [-0.3, -0.25) is 24.0 Å². The number of ether oxygens (including phenoxy) is 1. The average Bonchev–Trinajstić information content (AvgIpc) is 3.26. The highest BCUT2D eigenvalue weighted by molar-refractivity contribution is 5.79. The van der Waals surface area contributed by atoms with Gasteiger partial charge in [0.2, 0.25) is 0 Å². The van der Waals surface area contributed by atoms with Gasteiger partial charge in [0.25, 0.3) is 5.56 Å². The van der Waals surface area contributed by atoms with E-state index < -0.39 is 0 Å². The van der Waals surface area contributed by atoms with Crippen molar-refractivity contribution in [3.63, 3.8) is 0 Å². The lowest BCUT2D eigenvalue weighted by Gasteiger charge is -2.09. The average molecular weight is 424 g/mol. The van der Waals surface area contributed by atoms with Gasteiger partial charge in [-0.25, -0.2) is 4.98 Å². The molecule has 0 unspecified atom stereocenters. The van der Waals surface area contributed by atoms with Crippen molar-refractivity contribution in [3.8, 4) is 22.8 Å². The number of aryl methyl sites for hydroxylation is 3. The molecule has 5 aromatic rings. The molecule has 1 aromatic carbocycles. The van der Waals surface area contributed by atoms with Crippen molar-refractivity contribution in [1.29, 1.82) is 0 Å². The van der Waals surface area contributed by atoms with Crippen molar-refractivity contribution in [3.05, 3.63) is 95.7 Å². The predicted octanol–water partition coefficient (Wildman–Crippen LogP) is 3.62. The van der Waals surface area contributed by atoms with Gasteiger partial charge in [0.1, 0.15) is 11.5 Å². The molecule has 8 nitrogen and oxygen atoms in total. The van der Waals surface area contributed by atoms with E-state index in [0.717, 1.165) is 16.8 Å². The van der Waals surface area contributed by atoms with Crippen LogP contribution in [0.3, 0.4) is 0 Å². The highest BCUT2D eigenvalue weighted by Gasteiger charge is 2.09. The maximum Gasteiger partial charge on any atom is 0.261 e. The molecule has 8 heteroatoms. The predicted molar refractivity (Wildman–Crippen MR) is 120 cm³/mol. The highest BCUT2D eigenvalue weighted by Crippen LogP contribution is 2.26. The zero-order valence-corrected chi connectivity index (χ0v) is 17.4. The van der Waals surface area contributed by atoms with E-state index in [-0.39, 0.29) is 5.56 Å². The molecule has 0 aliphatic rings. The molecule has 0 atom stereocenters. The molecule has 0 amide bonds. The summed E-state index contributed by atoms with van der Waals surface area (Å²) in [4.78, 5) is 26.0. The molecule has 0 fully saturated rings. The van der Waals surface area contributed by atoms with E-state index in [2.05, 4.69) is 20.1 Å². The van der Waals surface area contributed by atoms with E-state index >= 15 is 0 Å². The molecule has 0 saturated heterocycles. The van der Waals surface area contributed by atoms with Crippen molar-refractivity contribution in [2.24, 2.45) is 7.05 Å². The lowest BCUT2D eigenvalue weighted by Crippen LogP contribution is -2.21. The number of nitrogens with zero attached hydrogens (tertiary/aromatic N) is 6. The van der Waals surface area contributed by atoms with Gasteiger partial charge < -0.3 is 4.74 Å². The van der Waals surface area contributed by atoms with Crippen molar-refractivity contribution < 1.29 is 4.74 Å². The summed E-state index contributed by atoms with van der Waals surface area (Å²) in [6.07, 6.45) is 11.2. The Morgan fingerprint density at radius 1 is 1.00 bits per heavy atom. The second kappa shape index (κ2) is 8.43. The van der Waals surface area contributed by atoms with Crippen LogP contribution in [0, 0.1) is 0 Å². The third-order valence-corrected chi connectivity index (χ3v) is 5.13. The molecule has 0 saturated carbocycles. The summed E-state index contributed by atoms with van der Waals surface area (Å²) in [6, 6.07) is 12.8. The lowest BCUT2D eigenvalue weighted by molar-refractivity contribution is 0.483. The molecule has 0 N–H and O–H groups in total. The Hall–Kier alpha value is -4.33. The van der Waals surface area contributed by atoms with Gasteiger partial charge in [-0.15, -0.1) is 0 Å². The first kappa shape index (κ1) is 19.6. The number of rotatable bonds is 6. The monoisotopic (exact) mass is 424 g/mol. The van der Waals surface area contributed by atoms with Crippen molar-refractivity contribution in [2.75, 3.05) is 0 Å². The van der Waals surface area contributed by atoms with Crippen molar-refractivity contribution >= 4 is 10.9 Å². The van der Waals surface area contributed by atoms with Crippen molar-refractivity contribution in [2.45, 2.75) is 13.0 Å². The highest BCUT2D eigenvalue weighted by atomic mass is 16.5. The lowest BCUT2D eigenvalue weighted by atomic mass is 10.2. The van der Waals surface area contributed by atoms with Crippen LogP contribution in [0.4, 0.5) is 0 Å². The van der Waals surface area contributed by atoms with E-state index in [4.69, 9.17) is 4.74 Å². The third-order valence-electron chi connectivity index (χ3n) is 5.13. The Morgan fingerprint density at radius 2 is 1.91 bits per heavy atom. The van der Waals surface area contributed by atoms with Crippen LogP contribution >= 0.6 is 0 Å². The standard InChI is InChI=1S/C24H20N6O2/c1-29-15-18(14-28-29)23-12-20(6-9-26-23)32-19-4-5-22-21(11-19)24(31)30(16-27-22)10-7-17-3-2-8-25-13-17/h2-6,8-9,11-16H,7,10H2,1H3. The smallest absolute Gasteiger partial charge is 0.261 e. The van der Waals surface area contributed by atoms with E-state index in [1.807, 2.05) is 31.4 Å². The second-order valence-electron chi connectivity index (χ2n) is 7.41. The zero-order chi connectivity index (χ0) is 21.9. The summed E-state index contributed by atoms with van der Waals surface area (Å²) in [7, 11) is 1.86. The van der Waals surface area contributed by atoms with Crippen LogP contribution < -0.4 is 10.3 Å². The topological polar surface area (TPSA) is 87.7 Å². The largest absolute Gasteiger partial charge is 0.457 e. The van der Waals surface area contributed by atoms with Gasteiger partial charge in [0.05, 0.1) is 29.1 Å². The van der Waals surface area contributed by atoms with Gasteiger partial charge in [0.15, 0.2) is 0 Å². The zero-order valence-electron chi connectivity index (χ0n) is 17.4. The number of hydrogen-bond acceptors (Lipinski definition) is 6. The van der Waals surface area contributed by atoms with Crippen LogP contribution in [0.1, 0.15) is 5.56 Å². The molecule has 158 valence electrons. The van der Waals surface area contributed by atoms with Crippen LogP contribution in [0.5, 0.6) is 11.5 Å². The molecule has 4 aromatic heterocycles. The van der Waals surface area contributed by atoms with Gasteiger partial charge in [-0.05, 0) is 42.3 Å². The minimum absolute atomic E-state index is 0.102. The number of fused-ring (bicyclic) bond motifs is 1. The Kier molecular flexibility index (Phi) is 5.17. The van der Waals surface area contributed by atoms with Crippen LogP contribution in [0.2, 0.25) is 0 Å². The van der Waals surface area contributed by atoms with Gasteiger partial charge in [-0.2, -0.15) is 5.10 Å². The molecule has 0 aliphatic heterocycles. The summed E-state index contributed by atoms with van der Waals surface area (Å²) in [6.45, 7) is 0.525. The normalized spacial score (nSPS) is 11.0. The van der Waals surface area contributed by atoms with Crippen LogP contribution in [-0.4, -0.2) is 29.3 Å². The molecular formula is C24H20N6O2. The Balaban J connectivity index is 1.40. The summed E-state index contributed by atoms with van der Waals surface area (Å²) in [5.41, 5.74) is 3.26. The van der Waals surface area contributed by atoms with Gasteiger partial charge in [0, 0.05) is 50.0 Å². The molecule has 0 bridgehead atoms. The molecule has 0 radical (unpaired) electrons. The van der Waals surface area contributed by atoms with E-state index in [0.29, 0.717) is 35.4 Å². The van der Waals surface area contributed by atoms with Crippen LogP contribution in [0.25, 0.3) is 22.2 Å². The summed E-state index contributed by atoms with van der Waals surface area (Å²) < 4.78 is 9.37. The Labute approximate surface area is 183 Å². The SMILES string of the molecule is Cn1cc(-c2cc(Oc3ccc4ncn(CCc5cccnc5)c(=O)c4c3)ccn2)cn1. The first-order valence-electron chi connectivity index (χ1n) is 10.2. The third kappa shape index (κ3) is 4.11. The molecule has 0 aliphatic carbocycles. The second-order valence-corrected chi connectivity index (χ2v) is 7.41. The van der Waals surface area contributed by atoms with Gasteiger partial charge in [-0.1, -0.05) is 6.07 Å². The maximum atomic E-state index is 13.0. The Bertz CT molecular complexity index is 1440. The van der Waals surface area contributed by atoms with Crippen LogP contribution in [-0.2, 0) is 20.0 Å². The first-order valence-corrected chi connectivity index (χ1v) is 10.2. The summed E-state index contributed by atoms with van der Waals surface area (Å²) in [5, 5.41) is 4.69. The molecule has 5 rings (SSSR count). The number of hydrogen-bond donors (Lipinski definition) is 0. The van der Waals surface area contributed by atoms with Crippen molar-refractivity contribution in [1.82, 2.24) is 29.3 Å². The quantitative estimate of drug-likeness (QED) is 0.414. The molecule has 32 heavy (non-hydrogen) atoms.